The fourth-order valence-electron chi connectivity index (χ4n) is 2.39. The molecule has 0 saturated carbocycles. The van der Waals surface area contributed by atoms with Gasteiger partial charge in [-0.05, 0) is 26.2 Å². The molecule has 1 aliphatic heterocycles. The lowest BCUT2D eigenvalue weighted by Crippen LogP contribution is -2.23. The highest BCUT2D eigenvalue weighted by Crippen LogP contribution is 2.23. The van der Waals surface area contributed by atoms with Gasteiger partial charge in [-0.2, -0.15) is 0 Å². The third-order valence-electron chi connectivity index (χ3n) is 3.50. The van der Waals surface area contributed by atoms with E-state index in [-0.39, 0.29) is 0 Å². The summed E-state index contributed by atoms with van der Waals surface area (Å²) in [6.07, 6.45) is 3.04. The fraction of sp³-hybridized carbons (Fsp3) is 0.643. The van der Waals surface area contributed by atoms with Crippen LogP contribution in [0, 0.1) is 19.8 Å². The van der Waals surface area contributed by atoms with Crippen LogP contribution in [0.2, 0.25) is 0 Å². The van der Waals surface area contributed by atoms with Crippen molar-refractivity contribution in [3.05, 3.63) is 23.0 Å². The summed E-state index contributed by atoms with van der Waals surface area (Å²) in [5, 5.41) is 3.46. The zero-order valence-electron chi connectivity index (χ0n) is 11.5. The van der Waals surface area contributed by atoms with Crippen LogP contribution in [0.4, 0.5) is 0 Å². The SMILES string of the molecule is COc1c(C)cnc(CNCC2CCOC2)c1C. The van der Waals surface area contributed by atoms with Gasteiger partial charge in [-0.15, -0.1) is 0 Å². The quantitative estimate of drug-likeness (QED) is 0.866. The van der Waals surface area contributed by atoms with Gasteiger partial charge in [0.2, 0.25) is 0 Å². The first-order valence-corrected chi connectivity index (χ1v) is 6.50. The van der Waals surface area contributed by atoms with Crippen LogP contribution in [0.5, 0.6) is 5.75 Å². The summed E-state index contributed by atoms with van der Waals surface area (Å²) < 4.78 is 10.8. The first kappa shape index (κ1) is 13.3. The van der Waals surface area contributed by atoms with E-state index in [1.54, 1.807) is 7.11 Å². The summed E-state index contributed by atoms with van der Waals surface area (Å²) in [6, 6.07) is 0. The number of ether oxygens (including phenoxy) is 2. The van der Waals surface area contributed by atoms with Gasteiger partial charge in [0.15, 0.2) is 0 Å². The number of nitrogens with zero attached hydrogens (tertiary/aromatic N) is 1. The summed E-state index contributed by atoms with van der Waals surface area (Å²) in [5.74, 6) is 1.60. The van der Waals surface area contributed by atoms with Crippen molar-refractivity contribution in [3.63, 3.8) is 0 Å². The lowest BCUT2D eigenvalue weighted by molar-refractivity contribution is 0.185. The molecule has 18 heavy (non-hydrogen) atoms. The normalized spacial score (nSPS) is 19.2. The smallest absolute Gasteiger partial charge is 0.128 e. The lowest BCUT2D eigenvalue weighted by atomic mass is 10.1. The summed E-state index contributed by atoms with van der Waals surface area (Å²) >= 11 is 0. The summed E-state index contributed by atoms with van der Waals surface area (Å²) in [7, 11) is 1.71. The Hall–Kier alpha value is -1.13. The second kappa shape index (κ2) is 6.16. The van der Waals surface area contributed by atoms with E-state index in [1.165, 1.54) is 0 Å². The van der Waals surface area contributed by atoms with Crippen LogP contribution in [-0.2, 0) is 11.3 Å². The molecule has 1 fully saturated rings. The molecule has 1 saturated heterocycles. The molecule has 0 radical (unpaired) electrons. The highest BCUT2D eigenvalue weighted by molar-refractivity contribution is 5.40. The average Bonchev–Trinajstić information content (AvgIpc) is 2.86. The Labute approximate surface area is 109 Å². The number of methoxy groups -OCH3 is 1. The van der Waals surface area contributed by atoms with Crippen LogP contribution in [0.15, 0.2) is 6.20 Å². The minimum Gasteiger partial charge on any atom is -0.496 e. The summed E-state index contributed by atoms with van der Waals surface area (Å²) in [5.41, 5.74) is 3.28. The standard InChI is InChI=1S/C14H22N2O2/c1-10-6-16-13(11(2)14(10)17-3)8-15-7-12-4-5-18-9-12/h6,12,15H,4-5,7-9H2,1-3H3. The summed E-state index contributed by atoms with van der Waals surface area (Å²) in [6.45, 7) is 7.66. The molecule has 1 aliphatic rings. The zero-order valence-corrected chi connectivity index (χ0v) is 11.5. The average molecular weight is 250 g/mol. The summed E-state index contributed by atoms with van der Waals surface area (Å²) in [4.78, 5) is 4.48. The van der Waals surface area contributed by atoms with Crippen LogP contribution in [0.3, 0.4) is 0 Å². The first-order valence-electron chi connectivity index (χ1n) is 6.50. The van der Waals surface area contributed by atoms with E-state index in [4.69, 9.17) is 9.47 Å². The molecular formula is C14H22N2O2. The maximum atomic E-state index is 5.41. The molecule has 0 bridgehead atoms. The molecule has 1 N–H and O–H groups in total. The van der Waals surface area contributed by atoms with Crippen LogP contribution >= 0.6 is 0 Å². The van der Waals surface area contributed by atoms with Crippen molar-refractivity contribution in [2.24, 2.45) is 5.92 Å². The number of rotatable bonds is 5. The third-order valence-corrected chi connectivity index (χ3v) is 3.50. The van der Waals surface area contributed by atoms with Crippen LogP contribution in [-0.4, -0.2) is 31.9 Å². The Balaban J connectivity index is 1.92. The van der Waals surface area contributed by atoms with Gasteiger partial charge in [0.25, 0.3) is 0 Å². The van der Waals surface area contributed by atoms with Gasteiger partial charge in [-0.25, -0.2) is 0 Å². The molecule has 0 amide bonds. The van der Waals surface area contributed by atoms with Crippen molar-refractivity contribution < 1.29 is 9.47 Å². The predicted molar refractivity (Wildman–Crippen MR) is 70.9 cm³/mol. The number of hydrogen-bond donors (Lipinski definition) is 1. The largest absolute Gasteiger partial charge is 0.496 e. The van der Waals surface area contributed by atoms with Gasteiger partial charge in [0, 0.05) is 37.0 Å². The van der Waals surface area contributed by atoms with Gasteiger partial charge in [0.05, 0.1) is 19.4 Å². The topological polar surface area (TPSA) is 43.4 Å². The van der Waals surface area contributed by atoms with Gasteiger partial charge in [0.1, 0.15) is 5.75 Å². The monoisotopic (exact) mass is 250 g/mol. The second-order valence-corrected chi connectivity index (χ2v) is 4.91. The fourth-order valence-corrected chi connectivity index (χ4v) is 2.39. The molecule has 1 atom stereocenters. The van der Waals surface area contributed by atoms with E-state index >= 15 is 0 Å². The van der Waals surface area contributed by atoms with Crippen LogP contribution in [0.25, 0.3) is 0 Å². The van der Waals surface area contributed by atoms with Crippen molar-refractivity contribution in [1.29, 1.82) is 0 Å². The van der Waals surface area contributed by atoms with Gasteiger partial charge < -0.3 is 14.8 Å². The molecule has 4 nitrogen and oxygen atoms in total. The van der Waals surface area contributed by atoms with E-state index in [0.29, 0.717) is 5.92 Å². The Morgan fingerprint density at radius 3 is 3.00 bits per heavy atom. The molecule has 100 valence electrons. The molecule has 2 heterocycles. The highest BCUT2D eigenvalue weighted by Gasteiger charge is 2.15. The van der Waals surface area contributed by atoms with Crippen molar-refractivity contribution in [2.45, 2.75) is 26.8 Å². The number of aryl methyl sites for hydroxylation is 1. The Bertz CT molecular complexity index is 401. The second-order valence-electron chi connectivity index (χ2n) is 4.91. The molecule has 1 aromatic rings. The molecule has 0 spiro atoms. The van der Waals surface area contributed by atoms with E-state index in [9.17, 15) is 0 Å². The zero-order chi connectivity index (χ0) is 13.0. The minimum atomic E-state index is 0.651. The van der Waals surface area contributed by atoms with E-state index in [1.807, 2.05) is 13.1 Å². The third kappa shape index (κ3) is 3.00. The maximum absolute atomic E-state index is 5.41. The van der Waals surface area contributed by atoms with Crippen molar-refractivity contribution in [1.82, 2.24) is 10.3 Å². The Morgan fingerprint density at radius 1 is 1.50 bits per heavy atom. The predicted octanol–water partition coefficient (Wildman–Crippen LogP) is 1.83. The molecule has 1 aromatic heterocycles. The molecule has 0 aromatic carbocycles. The van der Waals surface area contributed by atoms with Crippen molar-refractivity contribution in [3.8, 4) is 5.75 Å². The Morgan fingerprint density at radius 2 is 2.33 bits per heavy atom. The molecule has 2 rings (SSSR count). The number of hydrogen-bond acceptors (Lipinski definition) is 4. The van der Waals surface area contributed by atoms with E-state index in [2.05, 4.69) is 17.2 Å². The number of aromatic nitrogens is 1. The Kier molecular flexibility index (Phi) is 4.55. The van der Waals surface area contributed by atoms with Gasteiger partial charge in [-0.3, -0.25) is 4.98 Å². The van der Waals surface area contributed by atoms with Crippen LogP contribution < -0.4 is 10.1 Å². The van der Waals surface area contributed by atoms with Crippen LogP contribution in [0.1, 0.15) is 23.2 Å². The highest BCUT2D eigenvalue weighted by atomic mass is 16.5. The van der Waals surface area contributed by atoms with E-state index < -0.39 is 0 Å². The van der Waals surface area contributed by atoms with Gasteiger partial charge >= 0.3 is 0 Å². The molecule has 0 aliphatic carbocycles. The first-order chi connectivity index (χ1) is 8.72. The van der Waals surface area contributed by atoms with Crippen molar-refractivity contribution in [2.75, 3.05) is 26.9 Å². The van der Waals surface area contributed by atoms with E-state index in [0.717, 1.165) is 55.3 Å². The minimum absolute atomic E-state index is 0.651. The molecule has 4 heteroatoms. The number of pyridine rings is 1. The maximum Gasteiger partial charge on any atom is 0.128 e. The van der Waals surface area contributed by atoms with Gasteiger partial charge in [-0.1, -0.05) is 0 Å². The molecular weight excluding hydrogens is 228 g/mol. The lowest BCUT2D eigenvalue weighted by Gasteiger charge is -2.14. The van der Waals surface area contributed by atoms with Crippen molar-refractivity contribution >= 4 is 0 Å². The number of nitrogens with one attached hydrogen (secondary N) is 1. The molecule has 1 unspecified atom stereocenters.